The van der Waals surface area contributed by atoms with Gasteiger partial charge in [0.05, 0.1) is 17.1 Å². The second kappa shape index (κ2) is 7.67. The van der Waals surface area contributed by atoms with Gasteiger partial charge in [-0.05, 0) is 19.9 Å². The standard InChI is InChI=1S/C21H20N6O2/c1-13(20-23-14(2)24-25-20)22-18(28)12-27-21(29)17-11-7-6-10-16(17)19(26-27)15-8-4-3-5-9-15/h3-11,13H,12H2,1-2H3,(H,22,28)(H,23,24,25)/t13-/m0/s1. The molecule has 0 aliphatic heterocycles. The predicted octanol–water partition coefficient (Wildman–Crippen LogP) is 2.37. The molecule has 0 aliphatic rings. The lowest BCUT2D eigenvalue weighted by atomic mass is 10.1. The molecule has 2 N–H and O–H groups in total. The quantitative estimate of drug-likeness (QED) is 0.546. The van der Waals surface area contributed by atoms with Gasteiger partial charge in [-0.3, -0.25) is 14.7 Å². The third-order valence-electron chi connectivity index (χ3n) is 4.59. The Balaban J connectivity index is 1.68. The minimum Gasteiger partial charge on any atom is -0.345 e. The normalized spacial score (nSPS) is 12.1. The van der Waals surface area contributed by atoms with E-state index in [2.05, 4.69) is 25.6 Å². The van der Waals surface area contributed by atoms with Crippen LogP contribution in [0.4, 0.5) is 0 Å². The van der Waals surface area contributed by atoms with Gasteiger partial charge in [0.25, 0.3) is 5.56 Å². The van der Waals surface area contributed by atoms with Gasteiger partial charge in [-0.1, -0.05) is 48.5 Å². The van der Waals surface area contributed by atoms with E-state index in [1.807, 2.05) is 42.5 Å². The summed E-state index contributed by atoms with van der Waals surface area (Å²) in [7, 11) is 0. The minimum absolute atomic E-state index is 0.197. The molecule has 2 aromatic carbocycles. The summed E-state index contributed by atoms with van der Waals surface area (Å²) >= 11 is 0. The fourth-order valence-electron chi connectivity index (χ4n) is 3.19. The van der Waals surface area contributed by atoms with Gasteiger partial charge in [0.15, 0.2) is 5.82 Å². The van der Waals surface area contributed by atoms with Crippen molar-refractivity contribution >= 4 is 16.7 Å². The van der Waals surface area contributed by atoms with Crippen molar-refractivity contribution in [2.45, 2.75) is 26.4 Å². The summed E-state index contributed by atoms with van der Waals surface area (Å²) in [6.45, 7) is 3.37. The average molecular weight is 388 g/mol. The van der Waals surface area contributed by atoms with E-state index in [1.165, 1.54) is 4.68 Å². The Bertz CT molecular complexity index is 1230. The number of fused-ring (bicyclic) bond motifs is 1. The van der Waals surface area contributed by atoms with Crippen LogP contribution >= 0.6 is 0 Å². The number of amides is 1. The van der Waals surface area contributed by atoms with E-state index in [0.29, 0.717) is 22.7 Å². The largest absolute Gasteiger partial charge is 0.345 e. The maximum Gasteiger partial charge on any atom is 0.275 e. The molecule has 0 spiro atoms. The Morgan fingerprint density at radius 3 is 2.48 bits per heavy atom. The molecule has 1 amide bonds. The molecule has 0 unspecified atom stereocenters. The number of carbonyl (C=O) groups is 1. The van der Waals surface area contributed by atoms with E-state index in [4.69, 9.17) is 0 Å². The van der Waals surface area contributed by atoms with Crippen LogP contribution in [0.5, 0.6) is 0 Å². The van der Waals surface area contributed by atoms with Crippen molar-refractivity contribution < 1.29 is 4.79 Å². The maximum atomic E-state index is 12.9. The molecule has 29 heavy (non-hydrogen) atoms. The number of H-pyrrole nitrogens is 1. The van der Waals surface area contributed by atoms with Gasteiger partial charge in [0.2, 0.25) is 5.91 Å². The molecule has 0 radical (unpaired) electrons. The Morgan fingerprint density at radius 1 is 1.10 bits per heavy atom. The minimum atomic E-state index is -0.391. The average Bonchev–Trinajstić information content (AvgIpc) is 3.17. The van der Waals surface area contributed by atoms with Gasteiger partial charge in [0, 0.05) is 10.9 Å². The smallest absolute Gasteiger partial charge is 0.275 e. The van der Waals surface area contributed by atoms with Crippen molar-refractivity contribution in [1.29, 1.82) is 0 Å². The highest BCUT2D eigenvalue weighted by Crippen LogP contribution is 2.24. The first-order valence-electron chi connectivity index (χ1n) is 9.26. The fourth-order valence-corrected chi connectivity index (χ4v) is 3.19. The fraction of sp³-hybridized carbons (Fsp3) is 0.190. The Morgan fingerprint density at radius 2 is 1.79 bits per heavy atom. The molecule has 0 saturated carbocycles. The molecule has 4 aromatic rings. The molecule has 8 heteroatoms. The van der Waals surface area contributed by atoms with Gasteiger partial charge in [0.1, 0.15) is 12.4 Å². The first-order valence-corrected chi connectivity index (χ1v) is 9.26. The summed E-state index contributed by atoms with van der Waals surface area (Å²) < 4.78 is 1.20. The van der Waals surface area contributed by atoms with E-state index in [9.17, 15) is 9.59 Å². The van der Waals surface area contributed by atoms with E-state index >= 15 is 0 Å². The highest BCUT2D eigenvalue weighted by molar-refractivity contribution is 5.93. The van der Waals surface area contributed by atoms with Crippen LogP contribution in [0.15, 0.2) is 59.4 Å². The maximum absolute atomic E-state index is 12.9. The molecular weight excluding hydrogens is 368 g/mol. The second-order valence-electron chi connectivity index (χ2n) is 6.79. The van der Waals surface area contributed by atoms with E-state index in [0.717, 1.165) is 10.9 Å². The lowest BCUT2D eigenvalue weighted by molar-refractivity contribution is -0.122. The first-order chi connectivity index (χ1) is 14.0. The SMILES string of the molecule is Cc1nc([C@H](C)NC(=O)Cn2nc(-c3ccccc3)c3ccccc3c2=O)n[nH]1. The first kappa shape index (κ1) is 18.5. The molecule has 4 rings (SSSR count). The molecule has 2 aromatic heterocycles. The Labute approximate surface area is 166 Å². The van der Waals surface area contributed by atoms with Crippen LogP contribution in [-0.2, 0) is 11.3 Å². The molecule has 0 fully saturated rings. The summed E-state index contributed by atoms with van der Waals surface area (Å²) in [6.07, 6.45) is 0. The number of aromatic nitrogens is 5. The Kier molecular flexibility index (Phi) is 4.90. The van der Waals surface area contributed by atoms with Gasteiger partial charge < -0.3 is 5.32 Å². The Hall–Kier alpha value is -3.81. The number of hydrogen-bond donors (Lipinski definition) is 2. The molecule has 0 aliphatic carbocycles. The third-order valence-corrected chi connectivity index (χ3v) is 4.59. The van der Waals surface area contributed by atoms with E-state index in [-0.39, 0.29) is 18.0 Å². The van der Waals surface area contributed by atoms with Crippen LogP contribution in [0, 0.1) is 6.92 Å². The van der Waals surface area contributed by atoms with Crippen molar-refractivity contribution in [3.05, 3.63) is 76.6 Å². The summed E-state index contributed by atoms with van der Waals surface area (Å²) in [5.41, 5.74) is 1.23. The number of nitrogens with one attached hydrogen (secondary N) is 2. The molecular formula is C21H20N6O2. The molecule has 2 heterocycles. The zero-order valence-electron chi connectivity index (χ0n) is 16.1. The lowest BCUT2D eigenvalue weighted by Crippen LogP contribution is -2.35. The summed E-state index contributed by atoms with van der Waals surface area (Å²) in [5.74, 6) is 0.810. The zero-order chi connectivity index (χ0) is 20.4. The highest BCUT2D eigenvalue weighted by Gasteiger charge is 2.17. The molecule has 0 bridgehead atoms. The van der Waals surface area contributed by atoms with Crippen LogP contribution in [-0.4, -0.2) is 30.9 Å². The van der Waals surface area contributed by atoms with Gasteiger partial charge in [-0.15, -0.1) is 0 Å². The third kappa shape index (κ3) is 3.77. The monoisotopic (exact) mass is 388 g/mol. The van der Waals surface area contributed by atoms with Gasteiger partial charge in [-0.25, -0.2) is 9.67 Å². The highest BCUT2D eigenvalue weighted by atomic mass is 16.2. The molecule has 8 nitrogen and oxygen atoms in total. The number of aryl methyl sites for hydroxylation is 1. The van der Waals surface area contributed by atoms with Crippen molar-refractivity contribution in [3.63, 3.8) is 0 Å². The summed E-state index contributed by atoms with van der Waals surface area (Å²) in [4.78, 5) is 29.7. The van der Waals surface area contributed by atoms with E-state index in [1.54, 1.807) is 26.0 Å². The van der Waals surface area contributed by atoms with Crippen molar-refractivity contribution in [2.75, 3.05) is 0 Å². The molecule has 0 saturated heterocycles. The zero-order valence-corrected chi connectivity index (χ0v) is 16.1. The number of benzene rings is 2. The second-order valence-corrected chi connectivity index (χ2v) is 6.79. The van der Waals surface area contributed by atoms with Crippen molar-refractivity contribution in [2.24, 2.45) is 0 Å². The van der Waals surface area contributed by atoms with Crippen LogP contribution in [0.1, 0.15) is 24.6 Å². The van der Waals surface area contributed by atoms with Crippen LogP contribution < -0.4 is 10.9 Å². The van der Waals surface area contributed by atoms with Crippen molar-refractivity contribution in [3.8, 4) is 11.3 Å². The number of carbonyl (C=O) groups excluding carboxylic acids is 1. The van der Waals surface area contributed by atoms with Crippen LogP contribution in [0.2, 0.25) is 0 Å². The number of rotatable bonds is 5. The topological polar surface area (TPSA) is 106 Å². The number of nitrogens with zero attached hydrogens (tertiary/aromatic N) is 4. The lowest BCUT2D eigenvalue weighted by Gasteiger charge is -2.13. The van der Waals surface area contributed by atoms with Gasteiger partial charge >= 0.3 is 0 Å². The van der Waals surface area contributed by atoms with Crippen LogP contribution in [0.3, 0.4) is 0 Å². The summed E-state index contributed by atoms with van der Waals surface area (Å²) in [5, 5.41) is 15.4. The van der Waals surface area contributed by atoms with E-state index < -0.39 is 6.04 Å². The predicted molar refractivity (Wildman–Crippen MR) is 109 cm³/mol. The van der Waals surface area contributed by atoms with Crippen molar-refractivity contribution in [1.82, 2.24) is 30.3 Å². The number of aromatic amines is 1. The summed E-state index contributed by atoms with van der Waals surface area (Å²) in [6, 6.07) is 16.5. The molecule has 146 valence electrons. The number of hydrogen-bond acceptors (Lipinski definition) is 5. The van der Waals surface area contributed by atoms with Gasteiger partial charge in [-0.2, -0.15) is 10.2 Å². The van der Waals surface area contributed by atoms with Crippen LogP contribution in [0.25, 0.3) is 22.0 Å². The molecule has 1 atom stereocenters.